The molecule has 1 heterocycles. The van der Waals surface area contributed by atoms with Crippen LogP contribution in [-0.4, -0.2) is 31.2 Å². The number of hydrogen-bond donors (Lipinski definition) is 6. The number of nitrogens with one attached hydrogen (secondary N) is 3. The van der Waals surface area contributed by atoms with Crippen LogP contribution in [0.1, 0.15) is 50.2 Å². The molecule has 7 N–H and O–H groups in total. The number of nitrogens with zero attached hydrogens (tertiary/aromatic N) is 1. The van der Waals surface area contributed by atoms with Crippen LogP contribution >= 0.6 is 12.8 Å². The van der Waals surface area contributed by atoms with Gasteiger partial charge in [-0.15, -0.1) is 0 Å². The zero-order valence-corrected chi connectivity index (χ0v) is 19.8. The van der Waals surface area contributed by atoms with Gasteiger partial charge in [-0.2, -0.15) is 0 Å². The number of aliphatic imine (C=N–C) groups is 1. The quantitative estimate of drug-likeness (QED) is 0.225. The standard InChI is InChI=1S/C25H36N6S/c1-2-3-12-29-22(15-18-6-8-19(16-26)9-7-18)23-20-11-10-17(5-4-13-30-32)14-21(20)31-25(28)24(23)27/h6,8-11,14,18,27,29-30,32H,2-5,7,12-13,15-16,26H2,1H3,(H2,28,31)/b23-22-,27-24?. The largest absolute Gasteiger partial charge is 0.388 e. The van der Waals surface area contributed by atoms with Crippen LogP contribution in [0.4, 0.5) is 5.69 Å². The summed E-state index contributed by atoms with van der Waals surface area (Å²) in [4.78, 5) is 4.55. The molecule has 2 aliphatic rings. The fourth-order valence-corrected chi connectivity index (χ4v) is 4.28. The van der Waals surface area contributed by atoms with Crippen LogP contribution in [0.15, 0.2) is 52.7 Å². The summed E-state index contributed by atoms with van der Waals surface area (Å²) in [7, 11) is 0. The molecule has 172 valence electrons. The molecular weight excluding hydrogens is 416 g/mol. The molecule has 6 nitrogen and oxygen atoms in total. The highest BCUT2D eigenvalue weighted by Gasteiger charge is 2.26. The van der Waals surface area contributed by atoms with Crippen molar-refractivity contribution in [2.24, 2.45) is 22.4 Å². The first kappa shape index (κ1) is 24.3. The van der Waals surface area contributed by atoms with Crippen LogP contribution in [0.3, 0.4) is 0 Å². The van der Waals surface area contributed by atoms with E-state index in [1.54, 1.807) is 0 Å². The molecule has 1 aliphatic carbocycles. The molecule has 0 bridgehead atoms. The van der Waals surface area contributed by atoms with E-state index in [-0.39, 0.29) is 5.84 Å². The van der Waals surface area contributed by atoms with Gasteiger partial charge in [-0.25, -0.2) is 4.99 Å². The first-order chi connectivity index (χ1) is 15.6. The highest BCUT2D eigenvalue weighted by molar-refractivity contribution is 7.78. The van der Waals surface area contributed by atoms with Crippen molar-refractivity contribution >= 4 is 35.6 Å². The van der Waals surface area contributed by atoms with Crippen molar-refractivity contribution in [3.63, 3.8) is 0 Å². The van der Waals surface area contributed by atoms with Gasteiger partial charge in [-0.1, -0.05) is 56.5 Å². The Bertz CT molecular complexity index is 944. The molecule has 0 saturated heterocycles. The minimum absolute atomic E-state index is 0.279. The van der Waals surface area contributed by atoms with Gasteiger partial charge < -0.3 is 16.8 Å². The van der Waals surface area contributed by atoms with Gasteiger partial charge in [0.05, 0.1) is 5.69 Å². The molecular formula is C25H36N6S. The van der Waals surface area contributed by atoms with Crippen molar-refractivity contribution in [1.82, 2.24) is 10.0 Å². The lowest BCUT2D eigenvalue weighted by atomic mass is 9.87. The Kier molecular flexibility index (Phi) is 9.14. The summed E-state index contributed by atoms with van der Waals surface area (Å²) < 4.78 is 2.89. The minimum atomic E-state index is 0.279. The van der Waals surface area contributed by atoms with E-state index in [4.69, 9.17) is 16.9 Å². The van der Waals surface area contributed by atoms with Crippen molar-refractivity contribution in [2.45, 2.75) is 45.4 Å². The molecule has 7 heteroatoms. The van der Waals surface area contributed by atoms with Crippen molar-refractivity contribution < 1.29 is 0 Å². The van der Waals surface area contributed by atoms with Crippen LogP contribution in [0.25, 0.3) is 5.57 Å². The van der Waals surface area contributed by atoms with E-state index in [2.05, 4.69) is 71.2 Å². The predicted molar refractivity (Wildman–Crippen MR) is 140 cm³/mol. The van der Waals surface area contributed by atoms with E-state index < -0.39 is 0 Å². The van der Waals surface area contributed by atoms with Crippen molar-refractivity contribution in [3.8, 4) is 0 Å². The SMILES string of the molecule is CCCCN/C(CC1C=CC(CN)=CC1)=C1\C(=N)C(N)=Nc2cc(CCCNS)ccc21. The van der Waals surface area contributed by atoms with Crippen LogP contribution in [0.2, 0.25) is 0 Å². The number of allylic oxidation sites excluding steroid dienone is 3. The van der Waals surface area contributed by atoms with Crippen molar-refractivity contribution in [1.29, 1.82) is 5.41 Å². The Morgan fingerprint density at radius 1 is 1.28 bits per heavy atom. The Balaban J connectivity index is 1.95. The molecule has 0 aromatic heterocycles. The first-order valence-electron chi connectivity index (χ1n) is 11.5. The minimum Gasteiger partial charge on any atom is -0.388 e. The molecule has 1 unspecified atom stereocenters. The second-order valence-corrected chi connectivity index (χ2v) is 8.73. The van der Waals surface area contributed by atoms with Gasteiger partial charge in [0.1, 0.15) is 11.5 Å². The third-order valence-electron chi connectivity index (χ3n) is 5.97. The molecule has 0 fully saturated rings. The molecule has 1 aromatic rings. The molecule has 0 amide bonds. The van der Waals surface area contributed by atoms with Gasteiger partial charge in [0, 0.05) is 36.5 Å². The lowest BCUT2D eigenvalue weighted by molar-refractivity contribution is 0.597. The number of thiol groups is 1. The first-order valence-corrected chi connectivity index (χ1v) is 12.0. The second kappa shape index (κ2) is 12.0. The highest BCUT2D eigenvalue weighted by Crippen LogP contribution is 2.36. The Labute approximate surface area is 197 Å². The Morgan fingerprint density at radius 2 is 2.12 bits per heavy atom. The topological polar surface area (TPSA) is 112 Å². The van der Waals surface area contributed by atoms with Crippen LogP contribution in [0.5, 0.6) is 0 Å². The maximum atomic E-state index is 8.75. The van der Waals surface area contributed by atoms with Gasteiger partial charge in [-0.3, -0.25) is 10.1 Å². The van der Waals surface area contributed by atoms with E-state index in [1.165, 1.54) is 11.1 Å². The lowest BCUT2D eigenvalue weighted by Gasteiger charge is -2.25. The number of rotatable bonds is 11. The number of hydrogen-bond acceptors (Lipinski definition) is 7. The number of nitrogens with two attached hydrogens (primary N) is 2. The number of benzene rings is 1. The number of aryl methyl sites for hydroxylation is 1. The molecule has 32 heavy (non-hydrogen) atoms. The third-order valence-corrected chi connectivity index (χ3v) is 6.19. The van der Waals surface area contributed by atoms with Gasteiger partial charge in [-0.05, 0) is 55.2 Å². The highest BCUT2D eigenvalue weighted by atomic mass is 32.1. The Morgan fingerprint density at radius 3 is 2.81 bits per heavy atom. The van der Waals surface area contributed by atoms with Gasteiger partial charge in [0.2, 0.25) is 0 Å². The maximum Gasteiger partial charge on any atom is 0.150 e. The molecule has 0 radical (unpaired) electrons. The Hall–Kier alpha value is -2.35. The number of fused-ring (bicyclic) bond motifs is 1. The second-order valence-electron chi connectivity index (χ2n) is 8.41. The van der Waals surface area contributed by atoms with Gasteiger partial charge >= 0.3 is 0 Å². The number of amidine groups is 1. The van der Waals surface area contributed by atoms with Gasteiger partial charge in [0.15, 0.2) is 0 Å². The third kappa shape index (κ3) is 6.12. The predicted octanol–water partition coefficient (Wildman–Crippen LogP) is 4.03. The summed E-state index contributed by atoms with van der Waals surface area (Å²) in [5, 5.41) is 12.4. The van der Waals surface area contributed by atoms with E-state index in [0.717, 1.165) is 74.1 Å². The fraction of sp³-hybridized carbons (Fsp3) is 0.440. The van der Waals surface area contributed by atoms with Crippen LogP contribution in [-0.2, 0) is 6.42 Å². The van der Waals surface area contributed by atoms with E-state index >= 15 is 0 Å². The lowest BCUT2D eigenvalue weighted by Crippen LogP contribution is -2.30. The average Bonchev–Trinajstić information content (AvgIpc) is 2.80. The monoisotopic (exact) mass is 452 g/mol. The van der Waals surface area contributed by atoms with Crippen molar-refractivity contribution in [3.05, 3.63) is 58.8 Å². The van der Waals surface area contributed by atoms with E-state index in [9.17, 15) is 0 Å². The zero-order valence-electron chi connectivity index (χ0n) is 19.0. The molecule has 3 rings (SSSR count). The van der Waals surface area contributed by atoms with E-state index in [1.807, 2.05) is 0 Å². The number of unbranched alkanes of at least 4 members (excludes halogenated alkanes) is 1. The normalized spacial score (nSPS) is 19.3. The summed E-state index contributed by atoms with van der Waals surface area (Å²) in [5.41, 5.74) is 18.5. The van der Waals surface area contributed by atoms with Crippen LogP contribution < -0.4 is 21.5 Å². The summed E-state index contributed by atoms with van der Waals surface area (Å²) >= 11 is 4.06. The zero-order chi connectivity index (χ0) is 22.9. The molecule has 1 aromatic carbocycles. The average molecular weight is 453 g/mol. The molecule has 0 spiro atoms. The summed E-state index contributed by atoms with van der Waals surface area (Å²) in [6.07, 6.45) is 12.5. The van der Waals surface area contributed by atoms with Gasteiger partial charge in [0.25, 0.3) is 0 Å². The van der Waals surface area contributed by atoms with Crippen LogP contribution in [0, 0.1) is 11.3 Å². The smallest absolute Gasteiger partial charge is 0.150 e. The van der Waals surface area contributed by atoms with E-state index in [0.29, 0.717) is 18.2 Å². The molecule has 0 saturated carbocycles. The maximum absolute atomic E-state index is 8.75. The fourth-order valence-electron chi connectivity index (χ4n) is 4.12. The summed E-state index contributed by atoms with van der Waals surface area (Å²) in [6, 6.07) is 6.35. The van der Waals surface area contributed by atoms with Crippen molar-refractivity contribution in [2.75, 3.05) is 19.6 Å². The molecule has 1 aliphatic heterocycles. The summed E-state index contributed by atoms with van der Waals surface area (Å²) in [5.74, 6) is 0.646. The summed E-state index contributed by atoms with van der Waals surface area (Å²) in [6.45, 7) is 4.49. The molecule has 1 atom stereocenters.